The van der Waals surface area contributed by atoms with Gasteiger partial charge in [0.05, 0.1) is 24.6 Å². The number of pyridine rings is 2. The van der Waals surface area contributed by atoms with E-state index in [4.69, 9.17) is 43.4 Å². The highest BCUT2D eigenvalue weighted by molar-refractivity contribution is 7.66. The van der Waals surface area contributed by atoms with Crippen molar-refractivity contribution >= 4 is 43.6 Å². The number of amides is 1. The predicted molar refractivity (Wildman–Crippen MR) is 258 cm³/mol. The lowest BCUT2D eigenvalue weighted by Crippen LogP contribution is -2.42. The molecule has 1 saturated heterocycles. The van der Waals surface area contributed by atoms with Crippen LogP contribution in [0, 0.1) is 23.7 Å². The molecule has 2 atom stereocenters. The first kappa shape index (κ1) is 52.9. The van der Waals surface area contributed by atoms with Gasteiger partial charge in [0.2, 0.25) is 14.7 Å². The number of hydrogen-bond donors (Lipinski definition) is 2. The summed E-state index contributed by atoms with van der Waals surface area (Å²) in [4.78, 5) is 51.1. The van der Waals surface area contributed by atoms with Gasteiger partial charge in [0.25, 0.3) is 0 Å². The zero-order chi connectivity index (χ0) is 49.5. The minimum atomic E-state index is -3.35. The Morgan fingerprint density at radius 1 is 0.603 bits per heavy atom. The molecule has 0 bridgehead atoms. The normalized spacial score (nSPS) is 15.4. The van der Waals surface area contributed by atoms with Crippen molar-refractivity contribution < 1.29 is 57.0 Å². The van der Waals surface area contributed by atoms with Gasteiger partial charge in [0.15, 0.2) is 13.2 Å². The number of aliphatic carboxylic acids is 2. The van der Waals surface area contributed by atoms with Crippen molar-refractivity contribution in [2.45, 2.75) is 53.3 Å². The maximum Gasteiger partial charge on any atom is 0.410 e. The Labute approximate surface area is 398 Å². The van der Waals surface area contributed by atoms with Crippen LogP contribution >= 0.6 is 14.7 Å². The molecule has 17 nitrogen and oxygen atoms in total. The number of rotatable bonds is 16. The Morgan fingerprint density at radius 2 is 0.971 bits per heavy atom. The molecule has 2 N–H and O–H groups in total. The topological polar surface area (TPSA) is 207 Å². The number of carbonyl (C=O) groups is 3. The first-order chi connectivity index (χ1) is 32.2. The zero-order valence-electron chi connectivity index (χ0n) is 39.5. The van der Waals surface area contributed by atoms with E-state index >= 15 is 0 Å². The summed E-state index contributed by atoms with van der Waals surface area (Å²) < 4.78 is 55.3. The average Bonchev–Trinajstić information content (AvgIpc) is 3.37. The van der Waals surface area contributed by atoms with Crippen molar-refractivity contribution in [3.63, 3.8) is 0 Å². The van der Waals surface area contributed by atoms with Crippen molar-refractivity contribution in [1.82, 2.24) is 24.7 Å². The third-order valence-corrected chi connectivity index (χ3v) is 13.6. The van der Waals surface area contributed by atoms with E-state index in [2.05, 4.69) is 33.5 Å². The van der Waals surface area contributed by atoms with Gasteiger partial charge in [-0.05, 0) is 107 Å². The van der Waals surface area contributed by atoms with E-state index in [-0.39, 0.29) is 24.1 Å². The predicted octanol–water partition coefficient (Wildman–Crippen LogP) is 5.90. The highest BCUT2D eigenvalue weighted by Gasteiger charge is 2.28. The van der Waals surface area contributed by atoms with E-state index in [1.807, 2.05) is 32.9 Å². The van der Waals surface area contributed by atoms with Crippen LogP contribution in [0.15, 0.2) is 72.8 Å². The largest absolute Gasteiger partial charge is 0.482 e. The molecule has 19 heteroatoms. The first-order valence-corrected chi connectivity index (χ1v) is 26.2. The van der Waals surface area contributed by atoms with Crippen LogP contribution in [0.2, 0.25) is 0 Å². The van der Waals surface area contributed by atoms with Gasteiger partial charge in [-0.25, -0.2) is 24.4 Å². The van der Waals surface area contributed by atoms with Crippen molar-refractivity contribution in [3.05, 3.63) is 106 Å². The highest BCUT2D eigenvalue weighted by atomic mass is 31.2. The second kappa shape index (κ2) is 24.3. The first-order valence-electron chi connectivity index (χ1n) is 22.0. The third-order valence-electron chi connectivity index (χ3n) is 9.98. The SMILES string of the molecule is CCOP(C)(=O)c1cc(C#Cc2ccc(OCC(=O)O)cc2)cc(CN2CCN(Cc3cc(C#Cc4ccc(OCC(=O)O)cc4)cc(P(C)(=O)OCC)n3)CCN(C(=O)OC(C)(C)C)CC2)n1. The quantitative estimate of drug-likeness (QED) is 0.0991. The number of carboxylic acids is 2. The fraction of sp³-hybridized carbons (Fsp3) is 0.408. The summed E-state index contributed by atoms with van der Waals surface area (Å²) in [5.74, 6) is 11.2. The zero-order valence-corrected chi connectivity index (χ0v) is 41.3. The van der Waals surface area contributed by atoms with E-state index < -0.39 is 51.6 Å². The van der Waals surface area contributed by atoms with Crippen LogP contribution in [0.1, 0.15) is 68.3 Å². The summed E-state index contributed by atoms with van der Waals surface area (Å²) in [6.45, 7) is 14.8. The van der Waals surface area contributed by atoms with E-state index in [0.29, 0.717) is 97.5 Å². The summed E-state index contributed by atoms with van der Waals surface area (Å²) in [5, 5.41) is 17.9. The Balaban J connectivity index is 1.45. The van der Waals surface area contributed by atoms with Gasteiger partial charge in [-0.2, -0.15) is 0 Å². The number of carbonyl (C=O) groups excluding carboxylic acids is 1. The smallest absolute Gasteiger partial charge is 0.410 e. The van der Waals surface area contributed by atoms with Gasteiger partial charge in [0, 0.05) is 87.9 Å². The molecule has 1 amide bonds. The lowest BCUT2D eigenvalue weighted by atomic mass is 10.1. The van der Waals surface area contributed by atoms with Gasteiger partial charge < -0.3 is 38.4 Å². The van der Waals surface area contributed by atoms with E-state index in [9.17, 15) is 23.5 Å². The Kier molecular flexibility index (Phi) is 18.9. The molecule has 0 spiro atoms. The number of aromatic nitrogens is 2. The summed E-state index contributed by atoms with van der Waals surface area (Å²) in [5.41, 5.74) is 3.42. The standard InChI is InChI=1S/C49H59N5O12P2/c1-8-64-67(6,60)44-30-38(12-10-36-14-18-42(19-15-36)62-34-46(55)56)28-40(50-44)32-52-22-23-53(25-27-54(26-24-52)48(59)66-49(3,4)5)33-41-29-39(31-45(51-41)68(7,61)65-9-2)13-11-37-16-20-43(21-17-37)63-35-47(57)58/h14-21,28-31H,8-9,22-27,32-35H2,1-7H3,(H,55,56)(H,57,58). The highest BCUT2D eigenvalue weighted by Crippen LogP contribution is 2.41. The molecule has 5 rings (SSSR count). The van der Waals surface area contributed by atoms with Crippen LogP contribution in [-0.4, -0.2) is 138 Å². The fourth-order valence-electron chi connectivity index (χ4n) is 6.77. The summed E-state index contributed by atoms with van der Waals surface area (Å²) in [6.07, 6.45) is -0.454. The molecule has 2 aromatic heterocycles. The Bertz CT molecular complexity index is 2470. The molecular weight excluding hydrogens is 913 g/mol. The van der Waals surface area contributed by atoms with E-state index in [1.165, 1.54) is 13.3 Å². The van der Waals surface area contributed by atoms with Crippen LogP contribution in [0.4, 0.5) is 4.79 Å². The molecule has 0 radical (unpaired) electrons. The summed E-state index contributed by atoms with van der Waals surface area (Å²) in [6, 6.07) is 20.4. The summed E-state index contributed by atoms with van der Waals surface area (Å²) in [7, 11) is -6.70. The molecule has 1 fully saturated rings. The minimum Gasteiger partial charge on any atom is -0.482 e. The lowest BCUT2D eigenvalue weighted by Gasteiger charge is -2.29. The maximum atomic E-state index is 13.8. The van der Waals surface area contributed by atoms with Gasteiger partial charge >= 0.3 is 18.0 Å². The molecule has 2 unspecified atom stereocenters. The number of ether oxygens (including phenoxy) is 3. The summed E-state index contributed by atoms with van der Waals surface area (Å²) >= 11 is 0. The monoisotopic (exact) mass is 971 g/mol. The van der Waals surface area contributed by atoms with Gasteiger partial charge in [0.1, 0.15) is 28.0 Å². The number of nitrogens with zero attached hydrogens (tertiary/aromatic N) is 5. The van der Waals surface area contributed by atoms with Crippen LogP contribution in [0.3, 0.4) is 0 Å². The Morgan fingerprint density at radius 3 is 1.32 bits per heavy atom. The minimum absolute atomic E-state index is 0.216. The van der Waals surface area contributed by atoms with Crippen LogP contribution in [0.5, 0.6) is 11.5 Å². The molecule has 1 aliphatic rings. The fourth-order valence-corrected chi connectivity index (χ4v) is 9.38. The number of hydrogen-bond acceptors (Lipinski definition) is 14. The van der Waals surface area contributed by atoms with Gasteiger partial charge in [-0.15, -0.1) is 0 Å². The second-order valence-corrected chi connectivity index (χ2v) is 21.7. The van der Waals surface area contributed by atoms with Gasteiger partial charge in [-0.3, -0.25) is 18.9 Å². The molecule has 362 valence electrons. The van der Waals surface area contributed by atoms with E-state index in [0.717, 1.165) is 0 Å². The van der Waals surface area contributed by atoms with Crippen LogP contribution in [-0.2, 0) is 45.6 Å². The van der Waals surface area contributed by atoms with Crippen molar-refractivity contribution in [2.24, 2.45) is 0 Å². The van der Waals surface area contributed by atoms with Gasteiger partial charge in [-0.1, -0.05) is 23.7 Å². The third kappa shape index (κ3) is 17.2. The molecule has 68 heavy (non-hydrogen) atoms. The van der Waals surface area contributed by atoms with Crippen molar-refractivity contribution in [2.75, 3.05) is 79.0 Å². The molecule has 2 aromatic carbocycles. The second-order valence-electron chi connectivity index (χ2n) is 16.9. The lowest BCUT2D eigenvalue weighted by molar-refractivity contribution is -0.140. The Hall–Kier alpha value is -6.03. The van der Waals surface area contributed by atoms with Crippen molar-refractivity contribution in [3.8, 4) is 35.2 Å². The number of carboxylic acid groups (broad SMARTS) is 2. The molecule has 0 saturated carbocycles. The maximum absolute atomic E-state index is 13.8. The van der Waals surface area contributed by atoms with Crippen LogP contribution in [0.25, 0.3) is 0 Å². The number of benzene rings is 2. The molecule has 1 aliphatic heterocycles. The molecule has 4 aromatic rings. The van der Waals surface area contributed by atoms with E-state index in [1.54, 1.807) is 79.4 Å². The molecule has 0 aliphatic carbocycles. The molecule has 3 heterocycles. The molecular formula is C49H59N5O12P2. The van der Waals surface area contributed by atoms with Crippen LogP contribution < -0.4 is 20.3 Å². The average molecular weight is 972 g/mol. The van der Waals surface area contributed by atoms with Crippen molar-refractivity contribution in [1.29, 1.82) is 0 Å².